The van der Waals surface area contributed by atoms with Crippen molar-refractivity contribution in [2.45, 2.75) is 31.7 Å². The molecular formula is C12H15ClO3. The van der Waals surface area contributed by atoms with Crippen LogP contribution in [0.1, 0.15) is 26.2 Å². The second-order valence-electron chi connectivity index (χ2n) is 3.34. The summed E-state index contributed by atoms with van der Waals surface area (Å²) in [6.07, 6.45) is 1.82. The maximum Gasteiger partial charge on any atom is 0.515 e. The highest BCUT2D eigenvalue weighted by Gasteiger charge is 2.12. The van der Waals surface area contributed by atoms with Crippen molar-refractivity contribution in [3.63, 3.8) is 0 Å². The Morgan fingerprint density at radius 3 is 2.69 bits per heavy atom. The summed E-state index contributed by atoms with van der Waals surface area (Å²) in [5.74, 6) is 0.451. The van der Waals surface area contributed by atoms with Gasteiger partial charge in [0.05, 0.1) is 0 Å². The molecule has 1 rings (SSSR count). The van der Waals surface area contributed by atoms with Crippen LogP contribution in [-0.2, 0) is 4.74 Å². The van der Waals surface area contributed by atoms with Gasteiger partial charge in [-0.2, -0.15) is 0 Å². The van der Waals surface area contributed by atoms with E-state index in [2.05, 4.69) is 0 Å². The predicted octanol–water partition coefficient (Wildman–Crippen LogP) is 3.96. The number of para-hydroxylation sites is 1. The van der Waals surface area contributed by atoms with Gasteiger partial charge in [-0.1, -0.05) is 43.1 Å². The van der Waals surface area contributed by atoms with Crippen molar-refractivity contribution in [1.29, 1.82) is 0 Å². The summed E-state index contributed by atoms with van der Waals surface area (Å²) >= 11 is 5.80. The van der Waals surface area contributed by atoms with Crippen LogP contribution in [-0.4, -0.2) is 11.7 Å². The number of carbonyl (C=O) groups excluding carboxylic acids is 1. The minimum Gasteiger partial charge on any atom is -0.414 e. The Bertz CT molecular complexity index is 313. The second-order valence-corrected chi connectivity index (χ2v) is 3.82. The third-order valence-electron chi connectivity index (χ3n) is 1.95. The van der Waals surface area contributed by atoms with Crippen LogP contribution in [0.15, 0.2) is 30.3 Å². The Labute approximate surface area is 100 Å². The van der Waals surface area contributed by atoms with E-state index in [0.29, 0.717) is 12.2 Å². The molecule has 0 saturated heterocycles. The summed E-state index contributed by atoms with van der Waals surface area (Å²) in [6.45, 7) is 2.05. The largest absolute Gasteiger partial charge is 0.515 e. The summed E-state index contributed by atoms with van der Waals surface area (Å²) in [5.41, 5.74) is -0.615. The van der Waals surface area contributed by atoms with E-state index in [0.717, 1.165) is 12.8 Å². The van der Waals surface area contributed by atoms with Gasteiger partial charge in [-0.25, -0.2) is 4.79 Å². The summed E-state index contributed by atoms with van der Waals surface area (Å²) in [6, 6.07) is 8.74. The number of hydrogen-bond donors (Lipinski definition) is 0. The van der Waals surface area contributed by atoms with Crippen molar-refractivity contribution in [1.82, 2.24) is 0 Å². The van der Waals surface area contributed by atoms with Crippen LogP contribution in [0.5, 0.6) is 5.75 Å². The van der Waals surface area contributed by atoms with E-state index in [1.54, 1.807) is 24.3 Å². The van der Waals surface area contributed by atoms with Gasteiger partial charge >= 0.3 is 6.16 Å². The standard InChI is InChI=1S/C12H15ClO3/c1-2-3-9-11(13)16-12(14)15-10-7-5-4-6-8-10/h4-8,11H,2-3,9H2,1H3. The number of hydrogen-bond acceptors (Lipinski definition) is 3. The molecule has 0 aromatic heterocycles. The smallest absolute Gasteiger partial charge is 0.414 e. The van der Waals surface area contributed by atoms with E-state index in [1.165, 1.54) is 0 Å². The van der Waals surface area contributed by atoms with Gasteiger partial charge in [0.25, 0.3) is 0 Å². The Hall–Kier alpha value is -1.22. The van der Waals surface area contributed by atoms with E-state index < -0.39 is 11.7 Å². The molecule has 1 aromatic carbocycles. The van der Waals surface area contributed by atoms with Crippen molar-refractivity contribution in [2.75, 3.05) is 0 Å². The van der Waals surface area contributed by atoms with Gasteiger partial charge in [0, 0.05) is 0 Å². The molecule has 0 saturated carbocycles. The van der Waals surface area contributed by atoms with Crippen molar-refractivity contribution in [3.05, 3.63) is 30.3 Å². The van der Waals surface area contributed by atoms with Crippen LogP contribution in [0.3, 0.4) is 0 Å². The first-order chi connectivity index (χ1) is 7.72. The van der Waals surface area contributed by atoms with Crippen LogP contribution in [0.4, 0.5) is 4.79 Å². The third-order valence-corrected chi connectivity index (χ3v) is 2.26. The molecule has 16 heavy (non-hydrogen) atoms. The van der Waals surface area contributed by atoms with Crippen LogP contribution < -0.4 is 4.74 Å². The normalized spacial score (nSPS) is 11.9. The highest BCUT2D eigenvalue weighted by Crippen LogP contribution is 2.13. The van der Waals surface area contributed by atoms with Crippen LogP contribution >= 0.6 is 11.6 Å². The molecule has 4 heteroatoms. The molecule has 0 bridgehead atoms. The molecule has 0 aliphatic rings. The highest BCUT2D eigenvalue weighted by atomic mass is 35.5. The molecule has 0 fully saturated rings. The molecule has 3 nitrogen and oxygen atoms in total. The zero-order chi connectivity index (χ0) is 11.8. The van der Waals surface area contributed by atoms with Crippen LogP contribution in [0.2, 0.25) is 0 Å². The Kier molecular flexibility index (Phi) is 5.72. The van der Waals surface area contributed by atoms with E-state index in [1.807, 2.05) is 13.0 Å². The van der Waals surface area contributed by atoms with Gasteiger partial charge in [-0.3, -0.25) is 0 Å². The average Bonchev–Trinajstić information content (AvgIpc) is 2.27. The lowest BCUT2D eigenvalue weighted by Gasteiger charge is -2.10. The van der Waals surface area contributed by atoms with E-state index >= 15 is 0 Å². The molecule has 0 aliphatic carbocycles. The molecule has 0 spiro atoms. The minimum atomic E-state index is -0.762. The number of rotatable bonds is 5. The Balaban J connectivity index is 2.31. The summed E-state index contributed by atoms with van der Waals surface area (Å²) in [4.78, 5) is 11.3. The fraction of sp³-hybridized carbons (Fsp3) is 0.417. The Morgan fingerprint density at radius 1 is 1.38 bits per heavy atom. The van der Waals surface area contributed by atoms with Gasteiger partial charge in [0.2, 0.25) is 0 Å². The minimum absolute atomic E-state index is 0.451. The number of ether oxygens (including phenoxy) is 2. The van der Waals surface area contributed by atoms with Gasteiger partial charge in [0.15, 0.2) is 5.56 Å². The molecule has 1 atom stereocenters. The van der Waals surface area contributed by atoms with Crippen molar-refractivity contribution < 1.29 is 14.3 Å². The lowest BCUT2D eigenvalue weighted by atomic mass is 10.3. The van der Waals surface area contributed by atoms with Crippen molar-refractivity contribution in [3.8, 4) is 5.75 Å². The maximum atomic E-state index is 11.3. The fourth-order valence-corrected chi connectivity index (χ4v) is 1.36. The first-order valence-electron chi connectivity index (χ1n) is 5.30. The van der Waals surface area contributed by atoms with Gasteiger partial charge < -0.3 is 9.47 Å². The van der Waals surface area contributed by atoms with Gasteiger partial charge in [-0.15, -0.1) is 0 Å². The van der Waals surface area contributed by atoms with Crippen molar-refractivity contribution >= 4 is 17.8 Å². The maximum absolute atomic E-state index is 11.3. The quantitative estimate of drug-likeness (QED) is 0.445. The molecule has 0 N–H and O–H groups in total. The molecule has 88 valence electrons. The number of unbranched alkanes of at least 4 members (excludes halogenated alkanes) is 1. The molecule has 0 aliphatic heterocycles. The van der Waals surface area contributed by atoms with Crippen molar-refractivity contribution in [2.24, 2.45) is 0 Å². The van der Waals surface area contributed by atoms with Crippen LogP contribution in [0, 0.1) is 0 Å². The fourth-order valence-electron chi connectivity index (χ4n) is 1.14. The monoisotopic (exact) mass is 242 g/mol. The van der Waals surface area contributed by atoms with Crippen LogP contribution in [0.25, 0.3) is 0 Å². The molecule has 1 unspecified atom stereocenters. The molecule has 0 heterocycles. The van der Waals surface area contributed by atoms with Gasteiger partial charge in [-0.05, 0) is 25.0 Å². The average molecular weight is 243 g/mol. The lowest BCUT2D eigenvalue weighted by molar-refractivity contribution is 0.0838. The van der Waals surface area contributed by atoms with Gasteiger partial charge in [0.1, 0.15) is 5.75 Å². The zero-order valence-electron chi connectivity index (χ0n) is 9.19. The lowest BCUT2D eigenvalue weighted by Crippen LogP contribution is -2.16. The SMILES string of the molecule is CCCCC(Cl)OC(=O)Oc1ccccc1. The topological polar surface area (TPSA) is 35.5 Å². The molecule has 0 radical (unpaired) electrons. The Morgan fingerprint density at radius 2 is 2.06 bits per heavy atom. The first kappa shape index (κ1) is 12.8. The summed E-state index contributed by atoms with van der Waals surface area (Å²) < 4.78 is 9.78. The number of carbonyl (C=O) groups is 1. The summed E-state index contributed by atoms with van der Waals surface area (Å²) in [7, 11) is 0. The van der Waals surface area contributed by atoms with E-state index in [-0.39, 0.29) is 0 Å². The second kappa shape index (κ2) is 7.12. The zero-order valence-corrected chi connectivity index (χ0v) is 9.94. The molecular weight excluding hydrogens is 228 g/mol. The predicted molar refractivity (Wildman–Crippen MR) is 62.7 cm³/mol. The first-order valence-corrected chi connectivity index (χ1v) is 5.73. The molecule has 1 aromatic rings. The third kappa shape index (κ3) is 5.03. The number of halogens is 1. The highest BCUT2D eigenvalue weighted by molar-refractivity contribution is 6.20. The van der Waals surface area contributed by atoms with E-state index in [4.69, 9.17) is 21.1 Å². The number of alkyl halides is 1. The molecule has 0 amide bonds. The number of benzene rings is 1. The summed E-state index contributed by atoms with van der Waals surface area (Å²) in [5, 5.41) is 0. The van der Waals surface area contributed by atoms with E-state index in [9.17, 15) is 4.79 Å².